The first-order chi connectivity index (χ1) is 17.4. The molecule has 5 rings (SSSR count). The molecule has 0 N–H and O–H groups in total. The zero-order valence-electron chi connectivity index (χ0n) is 20.2. The molecule has 1 atom stereocenters. The molecule has 0 radical (unpaired) electrons. The summed E-state index contributed by atoms with van der Waals surface area (Å²) in [6, 6.07) is 11.7. The molecule has 1 aliphatic rings. The monoisotopic (exact) mass is 491 g/mol. The highest BCUT2D eigenvalue weighted by atomic mass is 19.1. The second-order valence-electron chi connectivity index (χ2n) is 9.17. The van der Waals surface area contributed by atoms with Crippen molar-refractivity contribution in [2.24, 2.45) is 5.92 Å². The highest BCUT2D eigenvalue weighted by Gasteiger charge is 2.43. The van der Waals surface area contributed by atoms with Crippen LogP contribution in [0.2, 0.25) is 0 Å². The van der Waals surface area contributed by atoms with Gasteiger partial charge < -0.3 is 23.2 Å². The fraction of sp³-hybridized carbons (Fsp3) is 0.286. The highest BCUT2D eigenvalue weighted by molar-refractivity contribution is 5.99. The van der Waals surface area contributed by atoms with E-state index in [4.69, 9.17) is 18.3 Å². The molecule has 4 aromatic rings. The summed E-state index contributed by atoms with van der Waals surface area (Å²) < 4.78 is 36.8. The Morgan fingerprint density at radius 2 is 1.92 bits per heavy atom. The molecule has 0 spiro atoms. The second kappa shape index (κ2) is 9.53. The largest absolute Gasteiger partial charge is 0.493 e. The molecule has 0 bridgehead atoms. The van der Waals surface area contributed by atoms with Crippen molar-refractivity contribution in [1.82, 2.24) is 4.90 Å². The van der Waals surface area contributed by atoms with Crippen LogP contribution in [0.25, 0.3) is 11.0 Å². The van der Waals surface area contributed by atoms with E-state index in [1.54, 1.807) is 30.3 Å². The maximum Gasteiger partial charge on any atom is 0.291 e. The first-order valence-electron chi connectivity index (χ1n) is 11.8. The molecule has 0 unspecified atom stereocenters. The molecule has 7 nitrogen and oxygen atoms in total. The average Bonchev–Trinajstić information content (AvgIpc) is 3.47. The lowest BCUT2D eigenvalue weighted by atomic mass is 9.98. The fourth-order valence-electron chi connectivity index (χ4n) is 4.45. The summed E-state index contributed by atoms with van der Waals surface area (Å²) in [5, 5.41) is 0.0759. The van der Waals surface area contributed by atoms with E-state index in [1.165, 1.54) is 30.4 Å². The fourth-order valence-corrected chi connectivity index (χ4v) is 4.45. The van der Waals surface area contributed by atoms with Gasteiger partial charge in [-0.3, -0.25) is 9.59 Å². The molecule has 2 aromatic carbocycles. The van der Waals surface area contributed by atoms with E-state index >= 15 is 0 Å². The quantitative estimate of drug-likeness (QED) is 0.314. The zero-order valence-corrected chi connectivity index (χ0v) is 20.2. The van der Waals surface area contributed by atoms with Gasteiger partial charge in [0.15, 0.2) is 16.9 Å². The molecular weight excluding hydrogens is 465 g/mol. The Balaban J connectivity index is 1.63. The maximum absolute atomic E-state index is 14.0. The summed E-state index contributed by atoms with van der Waals surface area (Å²) >= 11 is 0. The van der Waals surface area contributed by atoms with Gasteiger partial charge in [0.1, 0.15) is 17.2 Å². The van der Waals surface area contributed by atoms with Crippen LogP contribution < -0.4 is 14.9 Å². The Morgan fingerprint density at radius 3 is 2.64 bits per heavy atom. The number of benzene rings is 2. The summed E-state index contributed by atoms with van der Waals surface area (Å²) in [6.45, 7) is 4.88. The first-order valence-corrected chi connectivity index (χ1v) is 11.8. The van der Waals surface area contributed by atoms with Crippen LogP contribution in [-0.2, 0) is 6.54 Å². The standard InChI is InChI=1S/C28H26FNO6/c1-16(2)10-12-35-22-8-6-17(13-23(22)33-3)25-24-26(31)20-14-18(29)7-9-21(20)36-27(24)28(32)30(25)15-19-5-4-11-34-19/h4-9,11,13-14,16,25H,10,12,15H2,1-3H3/t25-/m0/s1. The number of ether oxygens (including phenoxy) is 2. The van der Waals surface area contributed by atoms with E-state index in [1.807, 2.05) is 0 Å². The Bertz CT molecular complexity index is 1470. The molecule has 36 heavy (non-hydrogen) atoms. The molecule has 1 amide bonds. The smallest absolute Gasteiger partial charge is 0.291 e. The van der Waals surface area contributed by atoms with E-state index in [2.05, 4.69) is 13.8 Å². The Labute approximate surface area is 207 Å². The SMILES string of the molecule is COc1cc([C@H]2c3c(oc4ccc(F)cc4c3=O)C(=O)N2Cc2ccco2)ccc1OCCC(C)C. The van der Waals surface area contributed by atoms with E-state index in [0.29, 0.717) is 35.3 Å². The van der Waals surface area contributed by atoms with Gasteiger partial charge in [-0.1, -0.05) is 19.9 Å². The minimum atomic E-state index is -0.792. The molecular formula is C28H26FNO6. The number of hydrogen-bond acceptors (Lipinski definition) is 6. The van der Waals surface area contributed by atoms with Gasteiger partial charge in [0.05, 0.1) is 43.5 Å². The Kier molecular flexibility index (Phi) is 6.26. The van der Waals surface area contributed by atoms with Crippen LogP contribution >= 0.6 is 0 Å². The van der Waals surface area contributed by atoms with Gasteiger partial charge >= 0.3 is 0 Å². The number of rotatable bonds is 8. The van der Waals surface area contributed by atoms with Crippen LogP contribution in [0.1, 0.15) is 53.8 Å². The van der Waals surface area contributed by atoms with Crippen molar-refractivity contribution in [2.75, 3.05) is 13.7 Å². The minimum Gasteiger partial charge on any atom is -0.493 e. The normalized spacial score (nSPS) is 15.1. The molecule has 2 aromatic heterocycles. The molecule has 8 heteroatoms. The number of hydrogen-bond donors (Lipinski definition) is 0. The second-order valence-corrected chi connectivity index (χ2v) is 9.17. The van der Waals surface area contributed by atoms with Crippen molar-refractivity contribution in [2.45, 2.75) is 32.9 Å². The zero-order chi connectivity index (χ0) is 25.4. The lowest BCUT2D eigenvalue weighted by Crippen LogP contribution is -2.29. The number of halogens is 1. The summed E-state index contributed by atoms with van der Waals surface area (Å²) in [7, 11) is 1.54. The number of amides is 1. The summed E-state index contributed by atoms with van der Waals surface area (Å²) in [5.41, 5.74) is 0.478. The lowest BCUT2D eigenvalue weighted by molar-refractivity contribution is 0.0701. The molecule has 0 saturated heterocycles. The topological polar surface area (TPSA) is 82.1 Å². The number of nitrogens with zero attached hydrogens (tertiary/aromatic N) is 1. The third-order valence-electron chi connectivity index (χ3n) is 6.29. The van der Waals surface area contributed by atoms with Crippen LogP contribution in [0.3, 0.4) is 0 Å². The Hall–Kier alpha value is -4.07. The van der Waals surface area contributed by atoms with Gasteiger partial charge in [-0.15, -0.1) is 0 Å². The highest BCUT2D eigenvalue weighted by Crippen LogP contribution is 2.41. The minimum absolute atomic E-state index is 0.0631. The van der Waals surface area contributed by atoms with Gasteiger partial charge in [-0.2, -0.15) is 0 Å². The van der Waals surface area contributed by atoms with Crippen LogP contribution in [0.15, 0.2) is 68.4 Å². The van der Waals surface area contributed by atoms with Gasteiger partial charge in [0, 0.05) is 0 Å². The molecule has 186 valence electrons. The number of fused-ring (bicyclic) bond motifs is 2. The predicted octanol–water partition coefficient (Wildman–Crippen LogP) is 5.70. The van der Waals surface area contributed by atoms with Crippen LogP contribution in [0.4, 0.5) is 4.39 Å². The molecule has 3 heterocycles. The number of carbonyl (C=O) groups excluding carboxylic acids is 1. The van der Waals surface area contributed by atoms with E-state index < -0.39 is 23.2 Å². The molecule has 0 aliphatic carbocycles. The van der Waals surface area contributed by atoms with Crippen LogP contribution in [0, 0.1) is 11.7 Å². The van der Waals surface area contributed by atoms with Gasteiger partial charge in [0.25, 0.3) is 5.91 Å². The number of furan rings is 1. The molecule has 1 aliphatic heterocycles. The molecule has 0 fully saturated rings. The third kappa shape index (κ3) is 4.23. The Morgan fingerprint density at radius 1 is 1.08 bits per heavy atom. The summed E-state index contributed by atoms with van der Waals surface area (Å²) in [4.78, 5) is 28.6. The van der Waals surface area contributed by atoms with E-state index in [-0.39, 0.29) is 28.8 Å². The van der Waals surface area contributed by atoms with Crippen molar-refractivity contribution < 1.29 is 27.5 Å². The van der Waals surface area contributed by atoms with Crippen molar-refractivity contribution in [3.8, 4) is 11.5 Å². The number of carbonyl (C=O) groups is 1. The van der Waals surface area contributed by atoms with Crippen LogP contribution in [0.5, 0.6) is 11.5 Å². The maximum atomic E-state index is 14.0. The van der Waals surface area contributed by atoms with Crippen molar-refractivity contribution in [3.05, 3.63) is 93.5 Å². The summed E-state index contributed by atoms with van der Waals surface area (Å²) in [5.74, 6) is 1.00. The van der Waals surface area contributed by atoms with Crippen LogP contribution in [-0.4, -0.2) is 24.5 Å². The summed E-state index contributed by atoms with van der Waals surface area (Å²) in [6.07, 6.45) is 2.40. The van der Waals surface area contributed by atoms with Gasteiger partial charge in [-0.25, -0.2) is 4.39 Å². The van der Waals surface area contributed by atoms with E-state index in [0.717, 1.165) is 12.5 Å². The van der Waals surface area contributed by atoms with Crippen molar-refractivity contribution in [1.29, 1.82) is 0 Å². The average molecular weight is 492 g/mol. The van der Waals surface area contributed by atoms with Crippen molar-refractivity contribution >= 4 is 16.9 Å². The molecule has 0 saturated carbocycles. The third-order valence-corrected chi connectivity index (χ3v) is 6.29. The number of methoxy groups -OCH3 is 1. The van der Waals surface area contributed by atoms with Crippen molar-refractivity contribution in [3.63, 3.8) is 0 Å². The van der Waals surface area contributed by atoms with E-state index in [9.17, 15) is 14.0 Å². The van der Waals surface area contributed by atoms with Gasteiger partial charge in [-0.05, 0) is 60.4 Å². The van der Waals surface area contributed by atoms with Gasteiger partial charge in [0.2, 0.25) is 5.76 Å². The predicted molar refractivity (Wildman–Crippen MR) is 131 cm³/mol. The first kappa shape index (κ1) is 23.7. The lowest BCUT2D eigenvalue weighted by Gasteiger charge is -2.25.